The Morgan fingerprint density at radius 2 is 1.96 bits per heavy atom. The van der Waals surface area contributed by atoms with E-state index in [2.05, 4.69) is 15.2 Å². The van der Waals surface area contributed by atoms with Crippen molar-refractivity contribution in [1.29, 1.82) is 0 Å². The number of rotatable bonds is 3. The van der Waals surface area contributed by atoms with Crippen LogP contribution in [0.15, 0.2) is 49.2 Å². The Bertz CT molecular complexity index is 966. The van der Waals surface area contributed by atoms with Crippen LogP contribution in [-0.4, -0.2) is 29.4 Å². The lowest BCUT2D eigenvalue weighted by Crippen LogP contribution is -2.00. The zero-order chi connectivity index (χ0) is 15.8. The number of pyridine rings is 1. The summed E-state index contributed by atoms with van der Waals surface area (Å²) in [6, 6.07) is 5.84. The van der Waals surface area contributed by atoms with E-state index in [0.29, 0.717) is 6.54 Å². The predicted octanol–water partition coefficient (Wildman–Crippen LogP) is 1.65. The second kappa shape index (κ2) is 5.29. The van der Waals surface area contributed by atoms with Gasteiger partial charge >= 0.3 is 0 Å². The van der Waals surface area contributed by atoms with E-state index in [9.17, 15) is 0 Å². The molecule has 0 amide bonds. The van der Waals surface area contributed by atoms with Gasteiger partial charge < -0.3 is 5.73 Å². The van der Waals surface area contributed by atoms with Crippen LogP contribution in [0, 0.1) is 0 Å². The Kier molecular flexibility index (Phi) is 3.13. The second-order valence-electron chi connectivity index (χ2n) is 5.28. The number of nitrogens with zero attached hydrogens (tertiary/aromatic N) is 6. The number of hydrogen-bond acceptors (Lipinski definition) is 5. The molecule has 0 aliphatic rings. The molecule has 0 fully saturated rings. The summed E-state index contributed by atoms with van der Waals surface area (Å²) in [5, 5.41) is 8.55. The van der Waals surface area contributed by atoms with Gasteiger partial charge in [-0.3, -0.25) is 9.67 Å². The Balaban J connectivity index is 1.91. The molecule has 4 aromatic rings. The molecule has 2 N–H and O–H groups in total. The summed E-state index contributed by atoms with van der Waals surface area (Å²) in [5.74, 6) is 0. The maximum Gasteiger partial charge on any atom is 0.0983 e. The van der Waals surface area contributed by atoms with Gasteiger partial charge in [0, 0.05) is 37.1 Å². The Labute approximate surface area is 132 Å². The molecule has 4 heterocycles. The SMILES string of the molecule is Cn1cc(-c2cn3nccc3c(-c3ccc(CN)nc3)n2)cn1. The van der Waals surface area contributed by atoms with Crippen molar-refractivity contribution >= 4 is 5.52 Å². The lowest BCUT2D eigenvalue weighted by Gasteiger charge is -2.07. The molecule has 0 radical (unpaired) electrons. The fourth-order valence-electron chi connectivity index (χ4n) is 2.52. The van der Waals surface area contributed by atoms with Crippen molar-refractivity contribution in [3.63, 3.8) is 0 Å². The molecular weight excluding hydrogens is 290 g/mol. The first-order valence-corrected chi connectivity index (χ1v) is 7.23. The minimum absolute atomic E-state index is 0.422. The standard InChI is InChI=1S/C16H15N7/c1-22-9-12(8-20-22)14-10-23-15(4-5-19-23)16(21-14)11-2-3-13(6-17)18-7-11/h2-5,7-10H,6,17H2,1H3. The molecule has 0 bridgehead atoms. The number of nitrogens with two attached hydrogens (primary N) is 1. The van der Waals surface area contributed by atoms with E-state index in [-0.39, 0.29) is 0 Å². The van der Waals surface area contributed by atoms with Crippen LogP contribution >= 0.6 is 0 Å². The van der Waals surface area contributed by atoms with E-state index < -0.39 is 0 Å². The van der Waals surface area contributed by atoms with Crippen LogP contribution in [0.1, 0.15) is 5.69 Å². The zero-order valence-corrected chi connectivity index (χ0v) is 12.6. The zero-order valence-electron chi connectivity index (χ0n) is 12.6. The van der Waals surface area contributed by atoms with Crippen molar-refractivity contribution in [2.75, 3.05) is 0 Å². The topological polar surface area (TPSA) is 86.9 Å². The van der Waals surface area contributed by atoms with Crippen molar-refractivity contribution in [2.45, 2.75) is 6.54 Å². The van der Waals surface area contributed by atoms with E-state index in [1.54, 1.807) is 23.3 Å². The number of hydrogen-bond donors (Lipinski definition) is 1. The van der Waals surface area contributed by atoms with Gasteiger partial charge in [0.25, 0.3) is 0 Å². The quantitative estimate of drug-likeness (QED) is 0.622. The summed E-state index contributed by atoms with van der Waals surface area (Å²) >= 11 is 0. The lowest BCUT2D eigenvalue weighted by molar-refractivity contribution is 0.768. The van der Waals surface area contributed by atoms with Gasteiger partial charge in [0.2, 0.25) is 0 Å². The smallest absolute Gasteiger partial charge is 0.0983 e. The molecule has 0 spiro atoms. The fourth-order valence-corrected chi connectivity index (χ4v) is 2.52. The Morgan fingerprint density at radius 3 is 2.65 bits per heavy atom. The second-order valence-corrected chi connectivity index (χ2v) is 5.28. The van der Waals surface area contributed by atoms with Crippen molar-refractivity contribution in [3.05, 3.63) is 54.9 Å². The molecule has 4 rings (SSSR count). The summed E-state index contributed by atoms with van der Waals surface area (Å²) in [6.45, 7) is 0.422. The summed E-state index contributed by atoms with van der Waals surface area (Å²) in [5.41, 5.74) is 10.9. The van der Waals surface area contributed by atoms with Gasteiger partial charge in [-0.1, -0.05) is 0 Å². The van der Waals surface area contributed by atoms with Gasteiger partial charge in [0.1, 0.15) is 0 Å². The molecule has 4 aromatic heterocycles. The first kappa shape index (κ1) is 13.6. The van der Waals surface area contributed by atoms with Crippen LogP contribution in [0.5, 0.6) is 0 Å². The highest BCUT2D eigenvalue weighted by Crippen LogP contribution is 2.26. The predicted molar refractivity (Wildman–Crippen MR) is 86.3 cm³/mol. The molecule has 7 nitrogen and oxygen atoms in total. The molecule has 0 saturated heterocycles. The molecule has 0 aromatic carbocycles. The van der Waals surface area contributed by atoms with E-state index in [1.807, 2.05) is 42.2 Å². The molecule has 0 aliphatic heterocycles. The average molecular weight is 305 g/mol. The van der Waals surface area contributed by atoms with Crippen molar-refractivity contribution in [1.82, 2.24) is 29.4 Å². The largest absolute Gasteiger partial charge is 0.325 e. The van der Waals surface area contributed by atoms with E-state index in [0.717, 1.165) is 33.7 Å². The van der Waals surface area contributed by atoms with Gasteiger partial charge in [-0.05, 0) is 18.2 Å². The van der Waals surface area contributed by atoms with Crippen LogP contribution in [-0.2, 0) is 13.6 Å². The van der Waals surface area contributed by atoms with E-state index in [4.69, 9.17) is 10.7 Å². The van der Waals surface area contributed by atoms with Crippen LogP contribution in [0.2, 0.25) is 0 Å². The van der Waals surface area contributed by atoms with Crippen LogP contribution in [0.3, 0.4) is 0 Å². The maximum atomic E-state index is 5.61. The number of fused-ring (bicyclic) bond motifs is 1. The van der Waals surface area contributed by atoms with Crippen molar-refractivity contribution in [3.8, 4) is 22.5 Å². The summed E-state index contributed by atoms with van der Waals surface area (Å²) < 4.78 is 3.57. The normalized spacial score (nSPS) is 11.2. The highest BCUT2D eigenvalue weighted by Gasteiger charge is 2.12. The number of aromatic nitrogens is 6. The van der Waals surface area contributed by atoms with Crippen LogP contribution < -0.4 is 5.73 Å². The third kappa shape index (κ3) is 2.36. The Morgan fingerprint density at radius 1 is 1.04 bits per heavy atom. The third-order valence-electron chi connectivity index (χ3n) is 3.70. The highest BCUT2D eigenvalue weighted by molar-refractivity contribution is 5.78. The van der Waals surface area contributed by atoms with Crippen molar-refractivity contribution in [2.24, 2.45) is 12.8 Å². The van der Waals surface area contributed by atoms with Gasteiger partial charge in [0.15, 0.2) is 0 Å². The van der Waals surface area contributed by atoms with Gasteiger partial charge in [-0.25, -0.2) is 9.50 Å². The minimum Gasteiger partial charge on any atom is -0.325 e. The molecule has 0 aliphatic carbocycles. The van der Waals surface area contributed by atoms with Crippen LogP contribution in [0.25, 0.3) is 28.0 Å². The first-order valence-electron chi connectivity index (χ1n) is 7.23. The minimum atomic E-state index is 0.422. The summed E-state index contributed by atoms with van der Waals surface area (Å²) in [4.78, 5) is 9.16. The van der Waals surface area contributed by atoms with Gasteiger partial charge in [-0.15, -0.1) is 0 Å². The monoisotopic (exact) mass is 305 g/mol. The summed E-state index contributed by atoms with van der Waals surface area (Å²) in [6.07, 6.45) is 9.17. The lowest BCUT2D eigenvalue weighted by atomic mass is 10.1. The molecule has 114 valence electrons. The molecular formula is C16H15N7. The molecule has 0 atom stereocenters. The van der Waals surface area contributed by atoms with Gasteiger partial charge in [-0.2, -0.15) is 10.2 Å². The van der Waals surface area contributed by atoms with E-state index in [1.165, 1.54) is 0 Å². The fraction of sp³-hybridized carbons (Fsp3) is 0.125. The highest BCUT2D eigenvalue weighted by atomic mass is 15.2. The van der Waals surface area contributed by atoms with Crippen LogP contribution in [0.4, 0.5) is 0 Å². The van der Waals surface area contributed by atoms with Crippen molar-refractivity contribution < 1.29 is 0 Å². The average Bonchev–Trinajstić information content (AvgIpc) is 3.22. The van der Waals surface area contributed by atoms with E-state index >= 15 is 0 Å². The Hall–Kier alpha value is -3.06. The van der Waals surface area contributed by atoms with Gasteiger partial charge in [0.05, 0.1) is 41.2 Å². The molecule has 0 saturated carbocycles. The molecule has 7 heteroatoms. The molecule has 0 unspecified atom stereocenters. The first-order chi connectivity index (χ1) is 11.2. The molecule has 23 heavy (non-hydrogen) atoms. The number of aryl methyl sites for hydroxylation is 1. The summed E-state index contributed by atoms with van der Waals surface area (Å²) in [7, 11) is 1.88. The maximum absolute atomic E-state index is 5.61. The third-order valence-corrected chi connectivity index (χ3v) is 3.70.